The molecule has 17 heavy (non-hydrogen) atoms. The Labute approximate surface area is 104 Å². The van der Waals surface area contributed by atoms with Crippen LogP contribution < -0.4 is 9.47 Å². The molecule has 1 aromatic carbocycles. The Morgan fingerprint density at radius 1 is 1.24 bits per heavy atom. The second-order valence-corrected chi connectivity index (χ2v) is 3.74. The van der Waals surface area contributed by atoms with Crippen LogP contribution in [0, 0.1) is 4.64 Å². The summed E-state index contributed by atoms with van der Waals surface area (Å²) >= 11 is 5.20. The summed E-state index contributed by atoms with van der Waals surface area (Å²) in [6, 6.07) is 5.53. The molecular weight excluding hydrogens is 236 g/mol. The fraction of sp³-hybridized carbons (Fsp3) is 0.167. The zero-order valence-corrected chi connectivity index (χ0v) is 10.4. The minimum Gasteiger partial charge on any atom is -0.497 e. The fourth-order valence-electron chi connectivity index (χ4n) is 1.54. The normalized spacial score (nSPS) is 10.0. The largest absolute Gasteiger partial charge is 0.497 e. The Morgan fingerprint density at radius 3 is 2.71 bits per heavy atom. The first-order valence-electron chi connectivity index (χ1n) is 5.02. The van der Waals surface area contributed by atoms with Crippen LogP contribution in [0.3, 0.4) is 0 Å². The highest BCUT2D eigenvalue weighted by Crippen LogP contribution is 2.32. The van der Waals surface area contributed by atoms with E-state index in [0.717, 1.165) is 11.3 Å². The number of ether oxygens (including phenoxy) is 2. The van der Waals surface area contributed by atoms with E-state index in [-0.39, 0.29) is 0 Å². The van der Waals surface area contributed by atoms with E-state index in [4.69, 9.17) is 21.7 Å². The van der Waals surface area contributed by atoms with Crippen LogP contribution in [0.5, 0.6) is 11.5 Å². The van der Waals surface area contributed by atoms with Crippen LogP contribution in [-0.4, -0.2) is 24.2 Å². The van der Waals surface area contributed by atoms with E-state index >= 15 is 0 Å². The molecule has 1 aromatic heterocycles. The van der Waals surface area contributed by atoms with Crippen LogP contribution >= 0.6 is 12.2 Å². The molecule has 0 aliphatic rings. The molecule has 5 heteroatoms. The summed E-state index contributed by atoms with van der Waals surface area (Å²) < 4.78 is 11.0. The van der Waals surface area contributed by atoms with Crippen molar-refractivity contribution < 1.29 is 9.47 Å². The van der Waals surface area contributed by atoms with Gasteiger partial charge in [-0.3, -0.25) is 4.98 Å². The third-order valence-electron chi connectivity index (χ3n) is 2.37. The van der Waals surface area contributed by atoms with Gasteiger partial charge in [-0.05, 0) is 12.1 Å². The first-order chi connectivity index (χ1) is 8.26. The van der Waals surface area contributed by atoms with Gasteiger partial charge in [-0.15, -0.1) is 0 Å². The maximum atomic E-state index is 5.32. The minimum absolute atomic E-state index is 0.580. The van der Waals surface area contributed by atoms with Crippen molar-refractivity contribution >= 4 is 12.2 Å². The molecule has 0 fully saturated rings. The monoisotopic (exact) mass is 248 g/mol. The molecule has 2 aromatic rings. The van der Waals surface area contributed by atoms with E-state index in [1.54, 1.807) is 32.7 Å². The molecule has 4 nitrogen and oxygen atoms in total. The summed E-state index contributed by atoms with van der Waals surface area (Å²) in [5.41, 5.74) is 1.54. The van der Waals surface area contributed by atoms with Crippen LogP contribution in [0.15, 0.2) is 30.6 Å². The van der Waals surface area contributed by atoms with Gasteiger partial charge < -0.3 is 14.5 Å². The summed E-state index contributed by atoms with van der Waals surface area (Å²) in [6.45, 7) is 0. The summed E-state index contributed by atoms with van der Waals surface area (Å²) in [4.78, 5) is 7.20. The van der Waals surface area contributed by atoms with Crippen LogP contribution in [0.1, 0.15) is 0 Å². The Bertz CT molecular complexity index is 581. The van der Waals surface area contributed by atoms with Crippen molar-refractivity contribution in [3.05, 3.63) is 35.2 Å². The van der Waals surface area contributed by atoms with Gasteiger partial charge in [-0.2, -0.15) is 0 Å². The van der Waals surface area contributed by atoms with Crippen LogP contribution in [-0.2, 0) is 0 Å². The van der Waals surface area contributed by atoms with Crippen molar-refractivity contribution in [3.63, 3.8) is 0 Å². The number of aromatic amines is 1. The van der Waals surface area contributed by atoms with Gasteiger partial charge in [0.25, 0.3) is 0 Å². The molecule has 0 saturated carbocycles. The number of H-pyrrole nitrogens is 1. The molecule has 0 aliphatic carbocycles. The van der Waals surface area contributed by atoms with Crippen molar-refractivity contribution in [2.45, 2.75) is 0 Å². The Morgan fingerprint density at radius 2 is 2.06 bits per heavy atom. The smallest absolute Gasteiger partial charge is 0.132 e. The van der Waals surface area contributed by atoms with E-state index in [1.165, 1.54) is 0 Å². The van der Waals surface area contributed by atoms with Crippen molar-refractivity contribution in [2.75, 3.05) is 14.2 Å². The Balaban J connectivity index is 2.60. The summed E-state index contributed by atoms with van der Waals surface area (Å²) in [7, 11) is 3.22. The van der Waals surface area contributed by atoms with Gasteiger partial charge in [-0.25, -0.2) is 0 Å². The third-order valence-corrected chi connectivity index (χ3v) is 2.68. The number of aromatic nitrogens is 2. The number of nitrogens with zero attached hydrogens (tertiary/aromatic N) is 1. The number of hydrogen-bond acceptors (Lipinski definition) is 4. The van der Waals surface area contributed by atoms with Crippen LogP contribution in [0.4, 0.5) is 0 Å². The molecule has 0 amide bonds. The highest BCUT2D eigenvalue weighted by Gasteiger charge is 2.09. The van der Waals surface area contributed by atoms with Gasteiger partial charge in [0.05, 0.1) is 14.2 Å². The number of nitrogens with one attached hydrogen (secondary N) is 1. The fourth-order valence-corrected chi connectivity index (χ4v) is 1.77. The summed E-state index contributed by atoms with van der Waals surface area (Å²) in [5.74, 6) is 1.42. The lowest BCUT2D eigenvalue weighted by molar-refractivity contribution is 0.395. The molecule has 0 atom stereocenters. The lowest BCUT2D eigenvalue weighted by Crippen LogP contribution is -1.93. The van der Waals surface area contributed by atoms with Gasteiger partial charge in [0, 0.05) is 24.0 Å². The molecule has 1 N–H and O–H groups in total. The summed E-state index contributed by atoms with van der Waals surface area (Å²) in [5, 5.41) is 0. The third kappa shape index (κ3) is 2.29. The maximum absolute atomic E-state index is 5.32. The molecule has 1 heterocycles. The van der Waals surface area contributed by atoms with Crippen molar-refractivity contribution in [1.82, 2.24) is 9.97 Å². The quantitative estimate of drug-likeness (QED) is 0.848. The van der Waals surface area contributed by atoms with Crippen molar-refractivity contribution in [2.24, 2.45) is 0 Å². The predicted octanol–water partition coefficient (Wildman–Crippen LogP) is 2.82. The molecule has 0 saturated heterocycles. The van der Waals surface area contributed by atoms with Gasteiger partial charge >= 0.3 is 0 Å². The van der Waals surface area contributed by atoms with Crippen LogP contribution in [0.2, 0.25) is 0 Å². The summed E-state index contributed by atoms with van der Waals surface area (Å²) in [6.07, 6.45) is 3.36. The van der Waals surface area contributed by atoms with E-state index in [9.17, 15) is 0 Å². The molecule has 0 radical (unpaired) electrons. The highest BCUT2D eigenvalue weighted by molar-refractivity contribution is 7.71. The average Bonchev–Trinajstić information content (AvgIpc) is 2.38. The number of methoxy groups -OCH3 is 2. The van der Waals surface area contributed by atoms with Crippen LogP contribution in [0.25, 0.3) is 11.3 Å². The van der Waals surface area contributed by atoms with E-state index in [1.807, 2.05) is 12.1 Å². The maximum Gasteiger partial charge on any atom is 0.132 e. The van der Waals surface area contributed by atoms with Gasteiger partial charge in [-0.1, -0.05) is 12.2 Å². The Kier molecular flexibility index (Phi) is 3.39. The van der Waals surface area contributed by atoms with E-state index in [2.05, 4.69) is 9.97 Å². The van der Waals surface area contributed by atoms with E-state index in [0.29, 0.717) is 16.1 Å². The molecular formula is C12H12N2O2S. The SMILES string of the molecule is COc1ccc(-c2ncc[nH]c2=S)c(OC)c1. The molecule has 0 spiro atoms. The zero-order valence-electron chi connectivity index (χ0n) is 9.56. The number of benzene rings is 1. The molecule has 0 aliphatic heterocycles. The molecule has 0 unspecified atom stereocenters. The Hall–Kier alpha value is -1.88. The minimum atomic E-state index is 0.580. The topological polar surface area (TPSA) is 47.1 Å². The second kappa shape index (κ2) is 4.97. The van der Waals surface area contributed by atoms with Gasteiger partial charge in [0.15, 0.2) is 0 Å². The molecule has 0 bridgehead atoms. The highest BCUT2D eigenvalue weighted by atomic mass is 32.1. The lowest BCUT2D eigenvalue weighted by atomic mass is 10.1. The first-order valence-corrected chi connectivity index (χ1v) is 5.43. The molecule has 88 valence electrons. The lowest BCUT2D eigenvalue weighted by Gasteiger charge is -2.09. The number of hydrogen-bond donors (Lipinski definition) is 1. The predicted molar refractivity (Wildman–Crippen MR) is 68.0 cm³/mol. The standard InChI is InChI=1S/C12H12N2O2S/c1-15-8-3-4-9(10(7-8)16-2)11-12(17)14-6-5-13-11/h3-7H,1-2H3,(H,14,17). The van der Waals surface area contributed by atoms with Gasteiger partial charge in [0.1, 0.15) is 21.8 Å². The zero-order chi connectivity index (χ0) is 12.3. The average molecular weight is 248 g/mol. The first kappa shape index (κ1) is 11.6. The van der Waals surface area contributed by atoms with Crippen molar-refractivity contribution in [1.29, 1.82) is 0 Å². The number of rotatable bonds is 3. The second-order valence-electron chi connectivity index (χ2n) is 3.33. The van der Waals surface area contributed by atoms with E-state index < -0.39 is 0 Å². The molecule has 2 rings (SSSR count). The van der Waals surface area contributed by atoms with Crippen molar-refractivity contribution in [3.8, 4) is 22.8 Å². The van der Waals surface area contributed by atoms with Gasteiger partial charge in [0.2, 0.25) is 0 Å².